The summed E-state index contributed by atoms with van der Waals surface area (Å²) in [5.74, 6) is 1.55. The van der Waals surface area contributed by atoms with Crippen molar-refractivity contribution in [2.45, 2.75) is 31.7 Å². The first-order valence-electron chi connectivity index (χ1n) is 10.3. The largest absolute Gasteiger partial charge is 0.351 e. The molecule has 0 fully saturated rings. The Morgan fingerprint density at radius 1 is 1.13 bits per heavy atom. The Kier molecular flexibility index (Phi) is 6.43. The summed E-state index contributed by atoms with van der Waals surface area (Å²) < 4.78 is 5.78. The third kappa shape index (κ3) is 4.52. The third-order valence-corrected chi connectivity index (χ3v) is 6.36. The maximum atomic E-state index is 5.78. The van der Waals surface area contributed by atoms with Crippen molar-refractivity contribution in [1.29, 1.82) is 0 Å². The molecule has 3 aromatic rings. The van der Waals surface area contributed by atoms with Gasteiger partial charge in [0.15, 0.2) is 5.11 Å². The molecule has 0 amide bonds. The summed E-state index contributed by atoms with van der Waals surface area (Å²) in [6.07, 6.45) is 2.08. The van der Waals surface area contributed by atoms with Crippen molar-refractivity contribution in [3.05, 3.63) is 71.7 Å². The molecule has 0 spiro atoms. The van der Waals surface area contributed by atoms with Crippen molar-refractivity contribution in [3.63, 3.8) is 0 Å². The van der Waals surface area contributed by atoms with Gasteiger partial charge in [0.25, 0.3) is 5.89 Å². The molecule has 0 saturated carbocycles. The van der Waals surface area contributed by atoms with E-state index in [4.69, 9.17) is 21.7 Å². The standard InChI is InChI=1S/C24H26N4OS2/c1-15(2)14-28-16(3)20(23-26-22(27-29-23)18-8-6-5-7-9-18)21(25-24(28)30)17-10-12-19(31-4)13-11-17/h5-13,15,21H,14H2,1-4H3,(H,25,30). The van der Waals surface area contributed by atoms with Crippen molar-refractivity contribution in [1.82, 2.24) is 20.4 Å². The van der Waals surface area contributed by atoms with E-state index in [1.807, 2.05) is 30.3 Å². The summed E-state index contributed by atoms with van der Waals surface area (Å²) in [7, 11) is 0. The van der Waals surface area contributed by atoms with Crippen LogP contribution in [0, 0.1) is 5.92 Å². The van der Waals surface area contributed by atoms with Gasteiger partial charge in [-0.25, -0.2) is 0 Å². The number of rotatable bonds is 6. The third-order valence-electron chi connectivity index (χ3n) is 5.28. The van der Waals surface area contributed by atoms with E-state index in [-0.39, 0.29) is 6.04 Å². The number of benzene rings is 2. The smallest absolute Gasteiger partial charge is 0.258 e. The molecule has 1 aromatic heterocycles. The first-order chi connectivity index (χ1) is 15.0. The zero-order valence-electron chi connectivity index (χ0n) is 18.1. The molecule has 7 heteroatoms. The van der Waals surface area contributed by atoms with Crippen LogP contribution in [0.15, 0.2) is 69.7 Å². The lowest BCUT2D eigenvalue weighted by molar-refractivity contribution is 0.386. The molecule has 1 aliphatic rings. The fraction of sp³-hybridized carbons (Fsp3) is 0.292. The molecule has 5 nitrogen and oxygen atoms in total. The van der Waals surface area contributed by atoms with E-state index in [2.05, 4.69) is 66.7 Å². The second-order valence-electron chi connectivity index (χ2n) is 7.95. The Balaban J connectivity index is 1.80. The zero-order valence-corrected chi connectivity index (χ0v) is 19.8. The van der Waals surface area contributed by atoms with Gasteiger partial charge in [-0.2, -0.15) is 4.98 Å². The van der Waals surface area contributed by atoms with E-state index in [0.717, 1.165) is 34.1 Å². The van der Waals surface area contributed by atoms with Crippen molar-refractivity contribution in [3.8, 4) is 11.4 Å². The predicted molar refractivity (Wildman–Crippen MR) is 131 cm³/mol. The van der Waals surface area contributed by atoms with Crippen LogP contribution in [0.1, 0.15) is 38.3 Å². The first kappa shape index (κ1) is 21.6. The average Bonchev–Trinajstić information content (AvgIpc) is 3.26. The van der Waals surface area contributed by atoms with E-state index in [0.29, 0.717) is 17.6 Å². The molecular weight excluding hydrogens is 424 g/mol. The SMILES string of the molecule is CSc1ccc(C2NC(=S)N(CC(C)C)C(C)=C2c2nc(-c3ccccc3)no2)cc1. The van der Waals surface area contributed by atoms with Crippen molar-refractivity contribution in [2.24, 2.45) is 5.92 Å². The van der Waals surface area contributed by atoms with E-state index >= 15 is 0 Å². The molecule has 0 aliphatic carbocycles. The number of thiocarbonyl (C=S) groups is 1. The van der Waals surface area contributed by atoms with Gasteiger partial charge in [0.2, 0.25) is 5.82 Å². The van der Waals surface area contributed by atoms with E-state index in [1.54, 1.807) is 11.8 Å². The summed E-state index contributed by atoms with van der Waals surface area (Å²) in [5, 5.41) is 8.49. The number of hydrogen-bond acceptors (Lipinski definition) is 5. The molecule has 160 valence electrons. The second kappa shape index (κ2) is 9.24. The highest BCUT2D eigenvalue weighted by Gasteiger charge is 2.34. The van der Waals surface area contributed by atoms with Gasteiger partial charge >= 0.3 is 0 Å². The van der Waals surface area contributed by atoms with Crippen LogP contribution in [0.5, 0.6) is 0 Å². The summed E-state index contributed by atoms with van der Waals surface area (Å²) >= 11 is 7.47. The minimum Gasteiger partial charge on any atom is -0.351 e. The van der Waals surface area contributed by atoms with Gasteiger partial charge in [0, 0.05) is 22.7 Å². The Labute approximate surface area is 192 Å². The number of nitrogens with one attached hydrogen (secondary N) is 1. The number of allylic oxidation sites excluding steroid dienone is 1. The Morgan fingerprint density at radius 3 is 2.48 bits per heavy atom. The molecule has 1 atom stereocenters. The average molecular weight is 451 g/mol. The van der Waals surface area contributed by atoms with Crippen LogP contribution in [0.4, 0.5) is 0 Å². The molecule has 2 heterocycles. The molecule has 1 unspecified atom stereocenters. The van der Waals surface area contributed by atoms with Gasteiger partial charge in [0.1, 0.15) is 0 Å². The van der Waals surface area contributed by atoms with Crippen LogP contribution >= 0.6 is 24.0 Å². The van der Waals surface area contributed by atoms with Gasteiger partial charge in [-0.05, 0) is 49.0 Å². The van der Waals surface area contributed by atoms with Crippen molar-refractivity contribution in [2.75, 3.05) is 12.8 Å². The normalized spacial score (nSPS) is 16.7. The number of nitrogens with zero attached hydrogens (tertiary/aromatic N) is 3. The molecule has 1 N–H and O–H groups in total. The molecule has 0 radical (unpaired) electrons. The highest BCUT2D eigenvalue weighted by Crippen LogP contribution is 2.38. The van der Waals surface area contributed by atoms with Gasteiger partial charge in [-0.1, -0.05) is 61.5 Å². The van der Waals surface area contributed by atoms with Gasteiger partial charge in [-0.15, -0.1) is 11.8 Å². The minimum absolute atomic E-state index is 0.157. The van der Waals surface area contributed by atoms with Crippen LogP contribution in [0.2, 0.25) is 0 Å². The molecule has 0 bridgehead atoms. The highest BCUT2D eigenvalue weighted by atomic mass is 32.2. The van der Waals surface area contributed by atoms with E-state index < -0.39 is 0 Å². The Morgan fingerprint density at radius 2 is 1.84 bits per heavy atom. The fourth-order valence-corrected chi connectivity index (χ4v) is 4.46. The van der Waals surface area contributed by atoms with Gasteiger partial charge < -0.3 is 14.7 Å². The van der Waals surface area contributed by atoms with Crippen LogP contribution in [0.3, 0.4) is 0 Å². The van der Waals surface area contributed by atoms with Crippen LogP contribution in [-0.4, -0.2) is 33.0 Å². The second-order valence-corrected chi connectivity index (χ2v) is 9.21. The monoisotopic (exact) mass is 450 g/mol. The van der Waals surface area contributed by atoms with Crippen LogP contribution in [-0.2, 0) is 0 Å². The molecule has 1 aliphatic heterocycles. The molecule has 4 rings (SSSR count). The lowest BCUT2D eigenvalue weighted by atomic mass is 9.94. The first-order valence-corrected chi connectivity index (χ1v) is 11.9. The number of thioether (sulfide) groups is 1. The van der Waals surface area contributed by atoms with Crippen LogP contribution in [0.25, 0.3) is 17.0 Å². The lowest BCUT2D eigenvalue weighted by Gasteiger charge is -2.38. The molecule has 2 aromatic carbocycles. The molecular formula is C24H26N4OS2. The fourth-order valence-electron chi connectivity index (χ4n) is 3.73. The zero-order chi connectivity index (χ0) is 22.0. The Hall–Kier alpha value is -2.64. The molecule has 31 heavy (non-hydrogen) atoms. The van der Waals surface area contributed by atoms with E-state index in [9.17, 15) is 0 Å². The maximum absolute atomic E-state index is 5.78. The van der Waals surface area contributed by atoms with Crippen LogP contribution < -0.4 is 5.32 Å². The predicted octanol–water partition coefficient (Wildman–Crippen LogP) is 5.78. The summed E-state index contributed by atoms with van der Waals surface area (Å²) in [5.41, 5.74) is 4.04. The maximum Gasteiger partial charge on any atom is 0.258 e. The topological polar surface area (TPSA) is 54.2 Å². The van der Waals surface area contributed by atoms with E-state index in [1.165, 1.54) is 4.90 Å². The molecule has 0 saturated heterocycles. The van der Waals surface area contributed by atoms with Gasteiger partial charge in [-0.3, -0.25) is 0 Å². The minimum atomic E-state index is -0.157. The quantitative estimate of drug-likeness (QED) is 0.377. The summed E-state index contributed by atoms with van der Waals surface area (Å²) in [6, 6.07) is 18.2. The van der Waals surface area contributed by atoms with Gasteiger partial charge in [0.05, 0.1) is 11.6 Å². The highest BCUT2D eigenvalue weighted by molar-refractivity contribution is 7.98. The lowest BCUT2D eigenvalue weighted by Crippen LogP contribution is -2.47. The number of aromatic nitrogens is 2. The Bertz CT molecular complexity index is 1090. The summed E-state index contributed by atoms with van der Waals surface area (Å²) in [4.78, 5) is 8.10. The summed E-state index contributed by atoms with van der Waals surface area (Å²) in [6.45, 7) is 7.27. The van der Waals surface area contributed by atoms with Crippen molar-refractivity contribution >= 4 is 34.7 Å². The number of hydrogen-bond donors (Lipinski definition) is 1. The van der Waals surface area contributed by atoms with Crippen molar-refractivity contribution < 1.29 is 4.52 Å².